The maximum atomic E-state index is 13.4. The van der Waals surface area contributed by atoms with E-state index < -0.39 is 17.7 Å². The van der Waals surface area contributed by atoms with Crippen LogP contribution in [0.3, 0.4) is 0 Å². The molecule has 1 atom stereocenters. The number of nitrogens with zero attached hydrogens (tertiary/aromatic N) is 2. The average Bonchev–Trinajstić information content (AvgIpc) is 3.19. The van der Waals surface area contributed by atoms with Gasteiger partial charge >= 0.3 is 0 Å². The van der Waals surface area contributed by atoms with E-state index in [1.54, 1.807) is 42.3 Å². The highest BCUT2D eigenvalue weighted by atomic mass is 16.5. The lowest BCUT2D eigenvalue weighted by Gasteiger charge is -2.31. The number of benzene rings is 2. The number of hydrogen-bond donors (Lipinski definition) is 1. The minimum Gasteiger partial charge on any atom is -0.507 e. The number of rotatable bonds is 10. The summed E-state index contributed by atoms with van der Waals surface area (Å²) in [6, 6.07) is 9.80. The molecule has 9 heteroatoms. The van der Waals surface area contributed by atoms with Crippen LogP contribution in [0.2, 0.25) is 0 Å². The summed E-state index contributed by atoms with van der Waals surface area (Å²) >= 11 is 0. The van der Waals surface area contributed by atoms with Crippen LogP contribution in [0.5, 0.6) is 17.2 Å². The number of carbonyl (C=O) groups excluding carboxylic acids is 2. The molecule has 1 N–H and O–H groups in total. The zero-order chi connectivity index (χ0) is 27.2. The molecule has 2 fully saturated rings. The molecule has 1 amide bonds. The number of aryl methyl sites for hydroxylation is 1. The lowest BCUT2D eigenvalue weighted by molar-refractivity contribution is -0.140. The highest BCUT2D eigenvalue weighted by Crippen LogP contribution is 2.42. The van der Waals surface area contributed by atoms with Crippen molar-refractivity contribution in [2.75, 3.05) is 60.2 Å². The second-order valence-electron chi connectivity index (χ2n) is 9.39. The fraction of sp³-hybridized carbons (Fsp3) is 0.448. The van der Waals surface area contributed by atoms with Crippen molar-refractivity contribution in [1.29, 1.82) is 0 Å². The first kappa shape index (κ1) is 27.5. The Bertz CT molecular complexity index is 1200. The molecule has 204 valence electrons. The molecule has 0 spiro atoms. The summed E-state index contributed by atoms with van der Waals surface area (Å²) in [5.41, 5.74) is 1.91. The van der Waals surface area contributed by atoms with Crippen LogP contribution in [0.4, 0.5) is 0 Å². The molecule has 2 saturated heterocycles. The number of methoxy groups -OCH3 is 2. The third-order valence-corrected chi connectivity index (χ3v) is 6.95. The van der Waals surface area contributed by atoms with E-state index in [4.69, 9.17) is 18.9 Å². The maximum absolute atomic E-state index is 13.4. The van der Waals surface area contributed by atoms with Gasteiger partial charge in [-0.15, -0.1) is 0 Å². The number of Topliss-reactive ketones (excluding diaryl/α,β-unsaturated/α-hetero) is 1. The van der Waals surface area contributed by atoms with Gasteiger partial charge in [-0.05, 0) is 54.8 Å². The molecular formula is C29H36N2O7. The van der Waals surface area contributed by atoms with Crippen molar-refractivity contribution in [2.24, 2.45) is 0 Å². The molecule has 1 unspecified atom stereocenters. The van der Waals surface area contributed by atoms with E-state index in [0.29, 0.717) is 61.3 Å². The number of ether oxygens (including phenoxy) is 4. The Labute approximate surface area is 223 Å². The summed E-state index contributed by atoms with van der Waals surface area (Å²) in [6.45, 7) is 8.15. The molecule has 9 nitrogen and oxygen atoms in total. The normalized spacial score (nSPS) is 19.6. The summed E-state index contributed by atoms with van der Waals surface area (Å²) in [5, 5.41) is 11.5. The van der Waals surface area contributed by atoms with Crippen molar-refractivity contribution in [3.8, 4) is 17.2 Å². The first-order valence-electron chi connectivity index (χ1n) is 12.9. The smallest absolute Gasteiger partial charge is 0.295 e. The molecule has 2 aromatic carbocycles. The molecule has 2 aromatic rings. The number of aliphatic hydroxyl groups is 1. The first-order chi connectivity index (χ1) is 18.4. The Morgan fingerprint density at radius 2 is 1.76 bits per heavy atom. The number of carbonyl (C=O) groups is 2. The Kier molecular flexibility index (Phi) is 8.91. The highest BCUT2D eigenvalue weighted by molar-refractivity contribution is 6.46. The van der Waals surface area contributed by atoms with Crippen molar-refractivity contribution in [3.05, 3.63) is 58.7 Å². The first-order valence-corrected chi connectivity index (χ1v) is 12.9. The highest BCUT2D eigenvalue weighted by Gasteiger charge is 2.46. The van der Waals surface area contributed by atoms with Crippen LogP contribution in [0, 0.1) is 6.92 Å². The van der Waals surface area contributed by atoms with E-state index in [1.807, 2.05) is 19.9 Å². The lowest BCUT2D eigenvalue weighted by Crippen LogP contribution is -2.42. The minimum absolute atomic E-state index is 0.0505. The third-order valence-electron chi connectivity index (χ3n) is 6.95. The SMILES string of the molecule is CCCOc1ccc(C(O)=C2C(=O)C(=O)N(CCN3CCOCC3)C2c2ccc(OC)c(OC)c2)c(C)c1. The monoisotopic (exact) mass is 524 g/mol. The van der Waals surface area contributed by atoms with Crippen molar-refractivity contribution < 1.29 is 33.6 Å². The minimum atomic E-state index is -0.786. The average molecular weight is 525 g/mol. The Morgan fingerprint density at radius 1 is 1.03 bits per heavy atom. The predicted octanol–water partition coefficient (Wildman–Crippen LogP) is 3.55. The van der Waals surface area contributed by atoms with Gasteiger partial charge in [0.25, 0.3) is 11.7 Å². The largest absolute Gasteiger partial charge is 0.507 e. The van der Waals surface area contributed by atoms with E-state index in [9.17, 15) is 14.7 Å². The van der Waals surface area contributed by atoms with Gasteiger partial charge in [0.05, 0.1) is 45.7 Å². The molecule has 4 rings (SSSR count). The molecule has 0 bridgehead atoms. The predicted molar refractivity (Wildman–Crippen MR) is 143 cm³/mol. The molecule has 2 aliphatic rings. The van der Waals surface area contributed by atoms with E-state index in [1.165, 1.54) is 7.11 Å². The number of likely N-dealkylation sites (tertiary alicyclic amines) is 1. The van der Waals surface area contributed by atoms with Gasteiger partial charge in [0, 0.05) is 31.7 Å². The molecule has 0 aromatic heterocycles. The molecule has 2 aliphatic heterocycles. The summed E-state index contributed by atoms with van der Waals surface area (Å²) in [7, 11) is 3.07. The standard InChI is InChI=1S/C29H36N2O7/c1-5-14-38-21-7-8-22(19(2)17-21)27(32)25-26(20-6-9-23(35-3)24(18-20)36-4)31(29(34)28(25)33)11-10-30-12-15-37-16-13-30/h6-9,17-18,26,32H,5,10-16H2,1-4H3. The number of hydrogen-bond acceptors (Lipinski definition) is 8. The van der Waals surface area contributed by atoms with Crippen molar-refractivity contribution >= 4 is 17.4 Å². The summed E-state index contributed by atoms with van der Waals surface area (Å²) in [4.78, 5) is 30.5. The topological polar surface area (TPSA) is 97.8 Å². The van der Waals surface area contributed by atoms with Crippen LogP contribution >= 0.6 is 0 Å². The van der Waals surface area contributed by atoms with Gasteiger partial charge in [-0.1, -0.05) is 13.0 Å². The van der Waals surface area contributed by atoms with Gasteiger partial charge in [-0.2, -0.15) is 0 Å². The number of amides is 1. The molecule has 0 aliphatic carbocycles. The zero-order valence-electron chi connectivity index (χ0n) is 22.5. The third kappa shape index (κ3) is 5.63. The maximum Gasteiger partial charge on any atom is 0.295 e. The van der Waals surface area contributed by atoms with Gasteiger partial charge in [0.1, 0.15) is 11.5 Å². The summed E-state index contributed by atoms with van der Waals surface area (Å²) in [5.74, 6) is 0.118. The second-order valence-corrected chi connectivity index (χ2v) is 9.39. The molecule has 0 saturated carbocycles. The van der Waals surface area contributed by atoms with Crippen LogP contribution in [-0.2, 0) is 14.3 Å². The van der Waals surface area contributed by atoms with Crippen LogP contribution < -0.4 is 14.2 Å². The Balaban J connectivity index is 1.77. The van der Waals surface area contributed by atoms with Gasteiger partial charge in [0.2, 0.25) is 0 Å². The van der Waals surface area contributed by atoms with Crippen molar-refractivity contribution in [1.82, 2.24) is 9.80 Å². The number of ketones is 1. The van der Waals surface area contributed by atoms with Crippen LogP contribution in [-0.4, -0.2) is 86.8 Å². The zero-order valence-corrected chi connectivity index (χ0v) is 22.5. The molecule has 0 radical (unpaired) electrons. The number of morpholine rings is 1. The molecule has 2 heterocycles. The van der Waals surface area contributed by atoms with E-state index in [2.05, 4.69) is 4.90 Å². The summed E-state index contributed by atoms with van der Waals surface area (Å²) in [6.07, 6.45) is 0.875. The fourth-order valence-electron chi connectivity index (χ4n) is 4.91. The number of aliphatic hydroxyl groups excluding tert-OH is 1. The summed E-state index contributed by atoms with van der Waals surface area (Å²) < 4.78 is 22.0. The lowest BCUT2D eigenvalue weighted by atomic mass is 9.93. The molecular weight excluding hydrogens is 488 g/mol. The van der Waals surface area contributed by atoms with Crippen LogP contribution in [0.15, 0.2) is 42.0 Å². The van der Waals surface area contributed by atoms with Crippen LogP contribution in [0.25, 0.3) is 5.76 Å². The Hall–Kier alpha value is -3.56. The van der Waals surface area contributed by atoms with Crippen molar-refractivity contribution in [3.63, 3.8) is 0 Å². The van der Waals surface area contributed by atoms with E-state index in [-0.39, 0.29) is 11.3 Å². The van der Waals surface area contributed by atoms with Gasteiger partial charge in [-0.25, -0.2) is 0 Å². The second kappa shape index (κ2) is 12.3. The van der Waals surface area contributed by atoms with Crippen molar-refractivity contribution in [2.45, 2.75) is 26.3 Å². The fourth-order valence-corrected chi connectivity index (χ4v) is 4.91. The van der Waals surface area contributed by atoms with Crippen LogP contribution in [0.1, 0.15) is 36.1 Å². The van der Waals surface area contributed by atoms with Gasteiger partial charge in [0.15, 0.2) is 11.5 Å². The van der Waals surface area contributed by atoms with Gasteiger partial charge in [-0.3, -0.25) is 14.5 Å². The molecule has 38 heavy (non-hydrogen) atoms. The van der Waals surface area contributed by atoms with E-state index >= 15 is 0 Å². The van der Waals surface area contributed by atoms with Gasteiger partial charge < -0.3 is 29.0 Å². The quantitative estimate of drug-likeness (QED) is 0.286. The van der Waals surface area contributed by atoms with E-state index in [0.717, 1.165) is 25.1 Å². The Morgan fingerprint density at radius 3 is 2.42 bits per heavy atom.